The van der Waals surface area contributed by atoms with Crippen LogP contribution in [0.1, 0.15) is 26.5 Å². The lowest BCUT2D eigenvalue weighted by Crippen LogP contribution is -2.15. The Morgan fingerprint density at radius 1 is 0.784 bits per heavy atom. The molecule has 0 radical (unpaired) electrons. The molecule has 0 aliphatic heterocycles. The molecule has 1 heterocycles. The maximum absolute atomic E-state index is 12.8. The Hall–Kier alpha value is -4.55. The van der Waals surface area contributed by atoms with Crippen molar-refractivity contribution in [2.75, 3.05) is 6.61 Å². The number of esters is 1. The molecule has 7 heteroatoms. The summed E-state index contributed by atoms with van der Waals surface area (Å²) < 4.78 is 6.86. The van der Waals surface area contributed by atoms with Crippen LogP contribution >= 0.6 is 11.6 Å². The molecule has 182 valence electrons. The lowest BCUT2D eigenvalue weighted by molar-refractivity contribution is 0.0462. The summed E-state index contributed by atoms with van der Waals surface area (Å²) in [6.45, 7) is 1.57. The first-order valence-corrected chi connectivity index (χ1v) is 12.0. The van der Waals surface area contributed by atoms with Crippen molar-refractivity contribution >= 4 is 23.4 Å². The number of halogens is 1. The molecule has 5 aromatic rings. The second kappa shape index (κ2) is 10.6. The Labute approximate surface area is 219 Å². The largest absolute Gasteiger partial charge is 0.451 e. The van der Waals surface area contributed by atoms with Crippen LogP contribution in [0.2, 0.25) is 5.02 Å². The standard InChI is InChI=1S/C30H22ClN3O3/c1-20-7-17-26(18-8-20)34-29(24-13-15-25(31)16-14-24)32-28(33-34)30(36)37-19-27(35)23-11-9-22(10-12-23)21-5-3-2-4-6-21/h2-18H,19H2,1H3. The second-order valence-electron chi connectivity index (χ2n) is 8.46. The molecule has 1 aromatic heterocycles. The number of carbonyl (C=O) groups is 2. The summed E-state index contributed by atoms with van der Waals surface area (Å²) in [4.78, 5) is 29.9. The maximum Gasteiger partial charge on any atom is 0.378 e. The van der Waals surface area contributed by atoms with Gasteiger partial charge < -0.3 is 4.74 Å². The fourth-order valence-electron chi connectivity index (χ4n) is 3.81. The Balaban J connectivity index is 1.34. The lowest BCUT2D eigenvalue weighted by atomic mass is 10.0. The van der Waals surface area contributed by atoms with E-state index in [0.717, 1.165) is 27.9 Å². The van der Waals surface area contributed by atoms with E-state index in [9.17, 15) is 9.59 Å². The van der Waals surface area contributed by atoms with Gasteiger partial charge in [-0.3, -0.25) is 4.79 Å². The quantitative estimate of drug-likeness (QED) is 0.183. The third-order valence-electron chi connectivity index (χ3n) is 5.82. The average molecular weight is 508 g/mol. The van der Waals surface area contributed by atoms with E-state index in [2.05, 4.69) is 10.1 Å². The minimum absolute atomic E-state index is 0.141. The maximum atomic E-state index is 12.8. The van der Waals surface area contributed by atoms with Gasteiger partial charge in [-0.15, -0.1) is 5.10 Å². The summed E-state index contributed by atoms with van der Waals surface area (Å²) in [5, 5.41) is 4.97. The van der Waals surface area contributed by atoms with Gasteiger partial charge in [0.25, 0.3) is 5.82 Å². The summed E-state index contributed by atoms with van der Waals surface area (Å²) in [6, 6.07) is 31.8. The minimum atomic E-state index is -0.782. The first-order chi connectivity index (χ1) is 18.0. The van der Waals surface area contributed by atoms with Gasteiger partial charge in [-0.05, 0) is 54.4 Å². The van der Waals surface area contributed by atoms with Crippen LogP contribution in [-0.2, 0) is 4.74 Å². The zero-order valence-corrected chi connectivity index (χ0v) is 20.7. The van der Waals surface area contributed by atoms with Crippen LogP contribution in [0.4, 0.5) is 0 Å². The molecule has 0 atom stereocenters. The minimum Gasteiger partial charge on any atom is -0.451 e. The second-order valence-corrected chi connectivity index (χ2v) is 8.89. The molecule has 0 amide bonds. The highest BCUT2D eigenvalue weighted by Gasteiger charge is 2.21. The number of aromatic nitrogens is 3. The van der Waals surface area contributed by atoms with Gasteiger partial charge in [-0.1, -0.05) is 83.9 Å². The van der Waals surface area contributed by atoms with Crippen molar-refractivity contribution in [1.29, 1.82) is 0 Å². The van der Waals surface area contributed by atoms with Gasteiger partial charge in [0, 0.05) is 16.1 Å². The number of Topliss-reactive ketones (excluding diaryl/α,β-unsaturated/α-hetero) is 1. The van der Waals surface area contributed by atoms with Gasteiger partial charge in [-0.25, -0.2) is 14.5 Å². The van der Waals surface area contributed by atoms with Crippen molar-refractivity contribution in [1.82, 2.24) is 14.8 Å². The third-order valence-corrected chi connectivity index (χ3v) is 6.07. The van der Waals surface area contributed by atoms with E-state index in [1.54, 1.807) is 41.1 Å². The van der Waals surface area contributed by atoms with E-state index in [-0.39, 0.29) is 11.6 Å². The smallest absolute Gasteiger partial charge is 0.378 e. The van der Waals surface area contributed by atoms with E-state index in [0.29, 0.717) is 16.4 Å². The molecule has 0 unspecified atom stereocenters. The Morgan fingerprint density at radius 3 is 2.08 bits per heavy atom. The lowest BCUT2D eigenvalue weighted by Gasteiger charge is -2.06. The number of hydrogen-bond acceptors (Lipinski definition) is 5. The molecule has 4 aromatic carbocycles. The molecule has 0 bridgehead atoms. The van der Waals surface area contributed by atoms with Crippen LogP contribution in [0.3, 0.4) is 0 Å². The van der Waals surface area contributed by atoms with Crippen molar-refractivity contribution in [3.63, 3.8) is 0 Å². The van der Waals surface area contributed by atoms with E-state index in [1.165, 1.54) is 0 Å². The Morgan fingerprint density at radius 2 is 1.41 bits per heavy atom. The summed E-state index contributed by atoms with van der Waals surface area (Å²) in [6.07, 6.45) is 0. The third kappa shape index (κ3) is 5.50. The number of hydrogen-bond donors (Lipinski definition) is 0. The van der Waals surface area contributed by atoms with Crippen LogP contribution < -0.4 is 0 Å². The molecular weight excluding hydrogens is 486 g/mol. The predicted molar refractivity (Wildman–Crippen MR) is 143 cm³/mol. The molecule has 0 saturated heterocycles. The summed E-state index contributed by atoms with van der Waals surface area (Å²) in [7, 11) is 0. The van der Waals surface area contributed by atoms with Gasteiger partial charge in [0.2, 0.25) is 0 Å². The topological polar surface area (TPSA) is 74.1 Å². The zero-order valence-electron chi connectivity index (χ0n) is 20.0. The predicted octanol–water partition coefficient (Wildman–Crippen LogP) is 6.60. The number of carbonyl (C=O) groups excluding carboxylic acids is 2. The van der Waals surface area contributed by atoms with Crippen molar-refractivity contribution in [2.45, 2.75) is 6.92 Å². The van der Waals surface area contributed by atoms with E-state index < -0.39 is 12.6 Å². The van der Waals surface area contributed by atoms with Crippen molar-refractivity contribution in [2.24, 2.45) is 0 Å². The molecule has 0 aliphatic rings. The SMILES string of the molecule is Cc1ccc(-n2nc(C(=O)OCC(=O)c3ccc(-c4ccccc4)cc3)nc2-c2ccc(Cl)cc2)cc1. The van der Waals surface area contributed by atoms with Gasteiger partial charge in [0.1, 0.15) is 0 Å². The van der Waals surface area contributed by atoms with Crippen molar-refractivity contribution in [3.05, 3.63) is 125 Å². The average Bonchev–Trinajstić information content (AvgIpc) is 3.38. The number of rotatable bonds is 7. The highest BCUT2D eigenvalue weighted by atomic mass is 35.5. The number of nitrogens with zero attached hydrogens (tertiary/aromatic N) is 3. The van der Waals surface area contributed by atoms with Crippen LogP contribution in [-0.4, -0.2) is 33.1 Å². The monoisotopic (exact) mass is 507 g/mol. The number of ketones is 1. The van der Waals surface area contributed by atoms with Gasteiger partial charge in [-0.2, -0.15) is 0 Å². The van der Waals surface area contributed by atoms with E-state index in [4.69, 9.17) is 16.3 Å². The van der Waals surface area contributed by atoms with Crippen LogP contribution in [0.5, 0.6) is 0 Å². The molecule has 37 heavy (non-hydrogen) atoms. The van der Waals surface area contributed by atoms with Crippen LogP contribution in [0.15, 0.2) is 103 Å². The van der Waals surface area contributed by atoms with Crippen molar-refractivity contribution < 1.29 is 14.3 Å². The first kappa shape index (κ1) is 24.2. The van der Waals surface area contributed by atoms with Gasteiger partial charge in [0.05, 0.1) is 5.69 Å². The normalized spacial score (nSPS) is 10.8. The molecule has 0 spiro atoms. The van der Waals surface area contributed by atoms with Crippen molar-refractivity contribution in [3.8, 4) is 28.2 Å². The summed E-state index contributed by atoms with van der Waals surface area (Å²) in [5.41, 5.74) is 5.05. The zero-order chi connectivity index (χ0) is 25.8. The van der Waals surface area contributed by atoms with Gasteiger partial charge in [0.15, 0.2) is 18.2 Å². The number of benzene rings is 4. The molecular formula is C30H22ClN3O3. The molecule has 6 nitrogen and oxygen atoms in total. The molecule has 0 aliphatic carbocycles. The fourth-order valence-corrected chi connectivity index (χ4v) is 3.93. The number of aryl methyl sites for hydroxylation is 1. The number of ether oxygens (including phenoxy) is 1. The summed E-state index contributed by atoms with van der Waals surface area (Å²) >= 11 is 6.04. The van der Waals surface area contributed by atoms with Gasteiger partial charge >= 0.3 is 5.97 Å². The Bertz CT molecular complexity index is 1480. The van der Waals surface area contributed by atoms with E-state index in [1.807, 2.05) is 73.7 Å². The van der Waals surface area contributed by atoms with Crippen LogP contribution in [0, 0.1) is 6.92 Å². The highest BCUT2D eigenvalue weighted by molar-refractivity contribution is 6.30. The molecule has 0 saturated carbocycles. The summed E-state index contributed by atoms with van der Waals surface area (Å²) in [5.74, 6) is -0.785. The van der Waals surface area contributed by atoms with Crippen LogP contribution in [0.25, 0.3) is 28.2 Å². The molecule has 5 rings (SSSR count). The molecule has 0 N–H and O–H groups in total. The van der Waals surface area contributed by atoms with E-state index >= 15 is 0 Å². The Kier molecular flexibility index (Phi) is 6.92. The molecule has 0 fully saturated rings. The first-order valence-electron chi connectivity index (χ1n) is 11.6. The fraction of sp³-hybridized carbons (Fsp3) is 0.0667. The highest BCUT2D eigenvalue weighted by Crippen LogP contribution is 2.24.